The first kappa shape index (κ1) is 21.1. The molecule has 0 unspecified atom stereocenters. The van der Waals surface area contributed by atoms with E-state index in [1.54, 1.807) is 4.90 Å². The van der Waals surface area contributed by atoms with Gasteiger partial charge < -0.3 is 19.4 Å². The summed E-state index contributed by atoms with van der Waals surface area (Å²) in [5, 5.41) is 0. The van der Waals surface area contributed by atoms with E-state index < -0.39 is 5.60 Å². The SMILES string of the molecule is CC(C)(C)OC(=O)N1CCN(CCCF)CCN(CCCF)CC1. The standard InChI is InChI=1S/C17H33F2N3O2/c1-17(2,3)24-16(23)22-14-12-20(8-4-6-18)10-11-21(13-15-22)9-5-7-19/h4-15H2,1-3H3. The van der Waals surface area contributed by atoms with Crippen LogP contribution in [0.5, 0.6) is 0 Å². The second kappa shape index (κ2) is 10.8. The summed E-state index contributed by atoms with van der Waals surface area (Å²) in [4.78, 5) is 18.4. The number of hydrogen-bond acceptors (Lipinski definition) is 4. The molecule has 24 heavy (non-hydrogen) atoms. The normalized spacial score (nSPS) is 18.8. The van der Waals surface area contributed by atoms with E-state index in [4.69, 9.17) is 4.74 Å². The fourth-order valence-corrected chi connectivity index (χ4v) is 2.67. The molecule has 7 heteroatoms. The van der Waals surface area contributed by atoms with Gasteiger partial charge in [-0.2, -0.15) is 0 Å². The van der Waals surface area contributed by atoms with E-state index in [1.165, 1.54) is 0 Å². The van der Waals surface area contributed by atoms with Crippen molar-refractivity contribution in [3.63, 3.8) is 0 Å². The number of halogens is 2. The van der Waals surface area contributed by atoms with Gasteiger partial charge in [-0.25, -0.2) is 4.79 Å². The molecule has 0 N–H and O–H groups in total. The highest BCUT2D eigenvalue weighted by atomic mass is 19.1. The molecule has 1 aliphatic heterocycles. The van der Waals surface area contributed by atoms with Crippen LogP contribution in [0, 0.1) is 0 Å². The van der Waals surface area contributed by atoms with E-state index in [0.717, 1.165) is 13.1 Å². The van der Waals surface area contributed by atoms with E-state index in [-0.39, 0.29) is 19.4 Å². The van der Waals surface area contributed by atoms with Crippen molar-refractivity contribution in [1.29, 1.82) is 0 Å². The third kappa shape index (κ3) is 8.78. The minimum absolute atomic E-state index is 0.319. The number of hydrogen-bond donors (Lipinski definition) is 0. The lowest BCUT2D eigenvalue weighted by atomic mass is 10.2. The topological polar surface area (TPSA) is 36.0 Å². The highest BCUT2D eigenvalue weighted by Crippen LogP contribution is 2.11. The largest absolute Gasteiger partial charge is 0.444 e. The van der Waals surface area contributed by atoms with Crippen molar-refractivity contribution in [2.45, 2.75) is 39.2 Å². The monoisotopic (exact) mass is 349 g/mol. The van der Waals surface area contributed by atoms with E-state index in [1.807, 2.05) is 20.8 Å². The van der Waals surface area contributed by atoms with Crippen molar-refractivity contribution in [1.82, 2.24) is 14.7 Å². The van der Waals surface area contributed by atoms with Crippen LogP contribution in [-0.4, -0.2) is 92.1 Å². The van der Waals surface area contributed by atoms with Crippen LogP contribution in [0.3, 0.4) is 0 Å². The third-order valence-electron chi connectivity index (χ3n) is 3.97. The van der Waals surface area contributed by atoms with Crippen molar-refractivity contribution < 1.29 is 18.3 Å². The number of nitrogens with zero attached hydrogens (tertiary/aromatic N) is 3. The molecule has 0 atom stereocenters. The predicted octanol–water partition coefficient (Wildman–Crippen LogP) is 2.56. The minimum atomic E-state index is -0.530. The summed E-state index contributed by atoms with van der Waals surface area (Å²) in [7, 11) is 0. The smallest absolute Gasteiger partial charge is 0.410 e. The molecule has 1 saturated heterocycles. The van der Waals surface area contributed by atoms with Gasteiger partial charge in [0.05, 0.1) is 13.3 Å². The van der Waals surface area contributed by atoms with E-state index >= 15 is 0 Å². The fraction of sp³-hybridized carbons (Fsp3) is 0.941. The average Bonchev–Trinajstić information content (AvgIpc) is 2.60. The summed E-state index contributed by atoms with van der Waals surface area (Å²) in [5.41, 5.74) is -0.530. The molecule has 5 nitrogen and oxygen atoms in total. The van der Waals surface area contributed by atoms with Crippen LogP contribution in [0.25, 0.3) is 0 Å². The maximum atomic E-state index is 12.5. The van der Waals surface area contributed by atoms with Crippen LogP contribution in [-0.2, 0) is 4.74 Å². The second-order valence-corrected chi connectivity index (χ2v) is 7.24. The van der Waals surface area contributed by atoms with Gasteiger partial charge in [0.1, 0.15) is 5.60 Å². The van der Waals surface area contributed by atoms with Crippen molar-refractivity contribution in [2.24, 2.45) is 0 Å². The Hall–Kier alpha value is -0.950. The minimum Gasteiger partial charge on any atom is -0.444 e. The average molecular weight is 349 g/mol. The Morgan fingerprint density at radius 1 is 0.875 bits per heavy atom. The van der Waals surface area contributed by atoms with Gasteiger partial charge in [-0.15, -0.1) is 0 Å². The fourth-order valence-electron chi connectivity index (χ4n) is 2.67. The lowest BCUT2D eigenvalue weighted by molar-refractivity contribution is 0.0230. The summed E-state index contributed by atoms with van der Waals surface area (Å²) >= 11 is 0. The number of carbonyl (C=O) groups is 1. The van der Waals surface area contributed by atoms with Crippen LogP contribution >= 0.6 is 0 Å². The molecule has 0 saturated carbocycles. The van der Waals surface area contributed by atoms with Crippen LogP contribution < -0.4 is 0 Å². The molecule has 0 aromatic heterocycles. The lowest BCUT2D eigenvalue weighted by Gasteiger charge is -2.29. The summed E-state index contributed by atoms with van der Waals surface area (Å²) < 4.78 is 30.4. The first-order valence-corrected chi connectivity index (χ1v) is 8.90. The molecule has 1 heterocycles. The van der Waals surface area contributed by atoms with Crippen molar-refractivity contribution in [3.8, 4) is 0 Å². The molecule has 1 aliphatic rings. The summed E-state index contributed by atoms with van der Waals surface area (Å²) in [6.07, 6.45) is 0.675. The molecule has 1 fully saturated rings. The molecule has 0 bridgehead atoms. The van der Waals surface area contributed by atoms with Gasteiger partial charge in [-0.1, -0.05) is 0 Å². The molecule has 142 valence electrons. The van der Waals surface area contributed by atoms with Crippen molar-refractivity contribution in [2.75, 3.05) is 65.7 Å². The first-order chi connectivity index (χ1) is 11.4. The van der Waals surface area contributed by atoms with Gasteiger partial charge >= 0.3 is 6.09 Å². The quantitative estimate of drug-likeness (QED) is 0.738. The zero-order valence-corrected chi connectivity index (χ0v) is 15.4. The van der Waals surface area contributed by atoms with E-state index in [9.17, 15) is 13.6 Å². The number of rotatable bonds is 6. The Labute approximate surface area is 144 Å². The number of alkyl halides is 2. The van der Waals surface area contributed by atoms with Crippen LogP contribution in [0.4, 0.5) is 13.6 Å². The summed E-state index contributed by atoms with van der Waals surface area (Å²) in [6, 6.07) is 0. The molecule has 1 amide bonds. The molecular weight excluding hydrogens is 316 g/mol. The van der Waals surface area contributed by atoms with E-state index in [0.29, 0.717) is 52.1 Å². The molecular formula is C17H33F2N3O2. The summed E-state index contributed by atoms with van der Waals surface area (Å²) in [5.74, 6) is 0. The Morgan fingerprint density at radius 2 is 1.29 bits per heavy atom. The number of ether oxygens (including phenoxy) is 1. The Morgan fingerprint density at radius 3 is 1.67 bits per heavy atom. The Balaban J connectivity index is 2.69. The van der Waals surface area contributed by atoms with Gasteiger partial charge in [0.25, 0.3) is 0 Å². The van der Waals surface area contributed by atoms with Gasteiger partial charge in [0.15, 0.2) is 0 Å². The molecule has 1 rings (SSSR count). The molecule has 0 aromatic rings. The van der Waals surface area contributed by atoms with Gasteiger partial charge in [-0.3, -0.25) is 8.78 Å². The lowest BCUT2D eigenvalue weighted by Crippen LogP contribution is -2.43. The van der Waals surface area contributed by atoms with Crippen molar-refractivity contribution in [3.05, 3.63) is 0 Å². The van der Waals surface area contributed by atoms with Crippen LogP contribution in [0.2, 0.25) is 0 Å². The van der Waals surface area contributed by atoms with Gasteiger partial charge in [-0.05, 0) is 33.6 Å². The van der Waals surface area contributed by atoms with E-state index in [2.05, 4.69) is 9.80 Å². The second-order valence-electron chi connectivity index (χ2n) is 7.24. The highest BCUT2D eigenvalue weighted by molar-refractivity contribution is 5.68. The summed E-state index contributed by atoms with van der Waals surface area (Å²) in [6.45, 7) is 10.4. The van der Waals surface area contributed by atoms with Crippen LogP contribution in [0.15, 0.2) is 0 Å². The molecule has 0 spiro atoms. The van der Waals surface area contributed by atoms with Crippen molar-refractivity contribution >= 4 is 6.09 Å². The maximum Gasteiger partial charge on any atom is 0.410 e. The number of amides is 1. The molecule has 0 aliphatic carbocycles. The Bertz CT molecular complexity index is 344. The zero-order chi connectivity index (χ0) is 18.0. The zero-order valence-electron chi connectivity index (χ0n) is 15.4. The predicted molar refractivity (Wildman–Crippen MR) is 91.9 cm³/mol. The van der Waals surface area contributed by atoms with Gasteiger partial charge in [0.2, 0.25) is 0 Å². The number of carbonyl (C=O) groups excluding carboxylic acids is 1. The molecule has 0 radical (unpaired) electrons. The van der Waals surface area contributed by atoms with Gasteiger partial charge in [0, 0.05) is 52.4 Å². The first-order valence-electron chi connectivity index (χ1n) is 8.90. The third-order valence-corrected chi connectivity index (χ3v) is 3.97. The Kier molecular flexibility index (Phi) is 9.51. The molecule has 0 aromatic carbocycles. The maximum absolute atomic E-state index is 12.5. The van der Waals surface area contributed by atoms with Crippen LogP contribution in [0.1, 0.15) is 33.6 Å². The highest BCUT2D eigenvalue weighted by Gasteiger charge is 2.24.